The molecule has 0 amide bonds. The minimum Gasteiger partial charge on any atom is -0.393 e. The molecule has 0 aromatic carbocycles. The molecule has 3 heteroatoms. The van der Waals surface area contributed by atoms with Crippen LogP contribution in [-0.2, 0) is 4.74 Å². The van der Waals surface area contributed by atoms with E-state index >= 15 is 0 Å². The van der Waals surface area contributed by atoms with Crippen LogP contribution in [0.15, 0.2) is 0 Å². The first-order valence-corrected chi connectivity index (χ1v) is 8.27. The standard InChI is InChI=1S/C16H29NO2/c1-2-17(13-6-10-19-12-13)15-11-14(18)5-9-16(15)7-3-4-8-16/h13-15,18H,2-12H2,1H3. The van der Waals surface area contributed by atoms with Gasteiger partial charge in [-0.05, 0) is 50.5 Å². The highest BCUT2D eigenvalue weighted by Crippen LogP contribution is 2.51. The molecule has 3 nitrogen and oxygen atoms in total. The molecule has 0 aromatic rings. The minimum absolute atomic E-state index is 0.0763. The Morgan fingerprint density at radius 3 is 2.63 bits per heavy atom. The van der Waals surface area contributed by atoms with Gasteiger partial charge in [0.2, 0.25) is 0 Å². The first kappa shape index (κ1) is 13.8. The largest absolute Gasteiger partial charge is 0.393 e. The molecule has 3 aliphatic rings. The SMILES string of the molecule is CCN(C1CCOC1)C1CC(O)CCC12CCCC2. The van der Waals surface area contributed by atoms with Gasteiger partial charge in [-0.1, -0.05) is 19.8 Å². The highest BCUT2D eigenvalue weighted by Gasteiger charge is 2.48. The molecule has 19 heavy (non-hydrogen) atoms. The summed E-state index contributed by atoms with van der Waals surface area (Å²) >= 11 is 0. The Bertz CT molecular complexity index is 295. The first-order valence-electron chi connectivity index (χ1n) is 8.27. The summed E-state index contributed by atoms with van der Waals surface area (Å²) in [6.45, 7) is 5.20. The Kier molecular flexibility index (Phi) is 4.16. The molecular weight excluding hydrogens is 238 g/mol. The molecule has 1 spiro atoms. The van der Waals surface area contributed by atoms with E-state index in [0.29, 0.717) is 17.5 Å². The molecule has 0 bridgehead atoms. The summed E-state index contributed by atoms with van der Waals surface area (Å²) in [6, 6.07) is 1.19. The molecule has 3 unspecified atom stereocenters. The molecule has 2 aliphatic carbocycles. The second kappa shape index (κ2) is 5.71. The van der Waals surface area contributed by atoms with Gasteiger partial charge in [-0.25, -0.2) is 0 Å². The summed E-state index contributed by atoms with van der Waals surface area (Å²) in [5, 5.41) is 10.2. The van der Waals surface area contributed by atoms with Crippen molar-refractivity contribution in [3.05, 3.63) is 0 Å². The Balaban J connectivity index is 1.80. The summed E-state index contributed by atoms with van der Waals surface area (Å²) in [5.74, 6) is 0. The highest BCUT2D eigenvalue weighted by atomic mass is 16.5. The fourth-order valence-electron chi connectivity index (χ4n) is 4.91. The van der Waals surface area contributed by atoms with Crippen molar-refractivity contribution in [3.63, 3.8) is 0 Å². The number of rotatable bonds is 3. The Labute approximate surface area is 117 Å². The quantitative estimate of drug-likeness (QED) is 0.853. The lowest BCUT2D eigenvalue weighted by Gasteiger charge is -2.50. The second-order valence-corrected chi connectivity index (χ2v) is 6.86. The lowest BCUT2D eigenvalue weighted by Crippen LogP contribution is -2.55. The van der Waals surface area contributed by atoms with Gasteiger partial charge < -0.3 is 9.84 Å². The third kappa shape index (κ3) is 2.57. The molecule has 2 saturated carbocycles. The number of hydrogen-bond donors (Lipinski definition) is 1. The van der Waals surface area contributed by atoms with Gasteiger partial charge in [0.25, 0.3) is 0 Å². The first-order chi connectivity index (χ1) is 9.25. The highest BCUT2D eigenvalue weighted by molar-refractivity contribution is 5.01. The van der Waals surface area contributed by atoms with Crippen LogP contribution in [0.4, 0.5) is 0 Å². The van der Waals surface area contributed by atoms with Crippen LogP contribution in [0.3, 0.4) is 0 Å². The minimum atomic E-state index is -0.0763. The van der Waals surface area contributed by atoms with Crippen molar-refractivity contribution in [1.82, 2.24) is 4.90 Å². The third-order valence-corrected chi connectivity index (χ3v) is 5.92. The average molecular weight is 267 g/mol. The van der Waals surface area contributed by atoms with Crippen LogP contribution in [0.2, 0.25) is 0 Å². The predicted octanol–water partition coefficient (Wildman–Crippen LogP) is 2.57. The number of ether oxygens (including phenoxy) is 1. The number of hydrogen-bond acceptors (Lipinski definition) is 3. The summed E-state index contributed by atoms with van der Waals surface area (Å²) in [6.07, 6.45) is 9.91. The van der Waals surface area contributed by atoms with Crippen molar-refractivity contribution in [1.29, 1.82) is 0 Å². The summed E-state index contributed by atoms with van der Waals surface area (Å²) in [7, 11) is 0. The maximum absolute atomic E-state index is 10.2. The van der Waals surface area contributed by atoms with Crippen LogP contribution in [-0.4, -0.2) is 48.0 Å². The van der Waals surface area contributed by atoms with Gasteiger partial charge >= 0.3 is 0 Å². The smallest absolute Gasteiger partial charge is 0.0622 e. The molecule has 1 aliphatic heterocycles. The van der Waals surface area contributed by atoms with Gasteiger partial charge in [0.1, 0.15) is 0 Å². The fourth-order valence-corrected chi connectivity index (χ4v) is 4.91. The van der Waals surface area contributed by atoms with E-state index < -0.39 is 0 Å². The van der Waals surface area contributed by atoms with E-state index in [1.54, 1.807) is 0 Å². The van der Waals surface area contributed by atoms with E-state index in [4.69, 9.17) is 4.74 Å². The third-order valence-electron chi connectivity index (χ3n) is 5.92. The molecule has 1 N–H and O–H groups in total. The van der Waals surface area contributed by atoms with Gasteiger partial charge in [0, 0.05) is 18.7 Å². The zero-order chi connectivity index (χ0) is 13.3. The van der Waals surface area contributed by atoms with Crippen molar-refractivity contribution < 1.29 is 9.84 Å². The molecule has 3 fully saturated rings. The van der Waals surface area contributed by atoms with Crippen molar-refractivity contribution in [2.24, 2.45) is 5.41 Å². The molecular formula is C16H29NO2. The van der Waals surface area contributed by atoms with E-state index in [2.05, 4.69) is 11.8 Å². The van der Waals surface area contributed by atoms with Gasteiger partial charge in [0.05, 0.1) is 12.7 Å². The van der Waals surface area contributed by atoms with Crippen molar-refractivity contribution >= 4 is 0 Å². The maximum Gasteiger partial charge on any atom is 0.0622 e. The van der Waals surface area contributed by atoms with Crippen molar-refractivity contribution in [2.45, 2.75) is 76.5 Å². The van der Waals surface area contributed by atoms with Crippen LogP contribution in [0.5, 0.6) is 0 Å². The molecule has 1 heterocycles. The molecule has 1 saturated heterocycles. The average Bonchev–Trinajstić information content (AvgIpc) is 3.07. The van der Waals surface area contributed by atoms with E-state index in [-0.39, 0.29) is 6.10 Å². The summed E-state index contributed by atoms with van der Waals surface area (Å²) in [5.41, 5.74) is 0.512. The fraction of sp³-hybridized carbons (Fsp3) is 1.00. The number of likely N-dealkylation sites (N-methyl/N-ethyl adjacent to an activating group) is 1. The molecule has 3 atom stereocenters. The maximum atomic E-state index is 10.2. The van der Waals surface area contributed by atoms with Crippen LogP contribution in [0.1, 0.15) is 58.3 Å². The van der Waals surface area contributed by atoms with Crippen LogP contribution in [0, 0.1) is 5.41 Å². The van der Waals surface area contributed by atoms with Gasteiger partial charge in [-0.15, -0.1) is 0 Å². The Morgan fingerprint density at radius 1 is 1.21 bits per heavy atom. The number of aliphatic hydroxyl groups excluding tert-OH is 1. The monoisotopic (exact) mass is 267 g/mol. The van der Waals surface area contributed by atoms with E-state index in [1.807, 2.05) is 0 Å². The number of nitrogens with zero attached hydrogens (tertiary/aromatic N) is 1. The topological polar surface area (TPSA) is 32.7 Å². The summed E-state index contributed by atoms with van der Waals surface area (Å²) < 4.78 is 5.60. The molecule has 0 radical (unpaired) electrons. The van der Waals surface area contributed by atoms with E-state index in [9.17, 15) is 5.11 Å². The Morgan fingerprint density at radius 2 is 2.00 bits per heavy atom. The zero-order valence-electron chi connectivity index (χ0n) is 12.3. The van der Waals surface area contributed by atoms with Crippen LogP contribution >= 0.6 is 0 Å². The van der Waals surface area contributed by atoms with Crippen molar-refractivity contribution in [2.75, 3.05) is 19.8 Å². The zero-order valence-corrected chi connectivity index (χ0v) is 12.3. The molecule has 3 rings (SSSR count). The van der Waals surface area contributed by atoms with Gasteiger partial charge in [-0.2, -0.15) is 0 Å². The lowest BCUT2D eigenvalue weighted by molar-refractivity contribution is -0.0422. The Hall–Kier alpha value is -0.120. The predicted molar refractivity (Wildman–Crippen MR) is 76.2 cm³/mol. The van der Waals surface area contributed by atoms with Gasteiger partial charge in [-0.3, -0.25) is 4.90 Å². The van der Waals surface area contributed by atoms with Gasteiger partial charge in [0.15, 0.2) is 0 Å². The lowest BCUT2D eigenvalue weighted by atomic mass is 9.67. The van der Waals surface area contributed by atoms with Crippen LogP contribution in [0.25, 0.3) is 0 Å². The molecule has 110 valence electrons. The summed E-state index contributed by atoms with van der Waals surface area (Å²) in [4.78, 5) is 2.68. The normalized spacial score (nSPS) is 38.4. The van der Waals surface area contributed by atoms with Crippen molar-refractivity contribution in [3.8, 4) is 0 Å². The van der Waals surface area contributed by atoms with Crippen LogP contribution < -0.4 is 0 Å². The van der Waals surface area contributed by atoms with E-state index in [0.717, 1.165) is 32.6 Å². The van der Waals surface area contributed by atoms with E-state index in [1.165, 1.54) is 38.5 Å². The second-order valence-electron chi connectivity index (χ2n) is 6.86. The molecule has 0 aromatic heterocycles. The number of aliphatic hydroxyl groups is 1.